The second kappa shape index (κ2) is 2.78. The van der Waals surface area contributed by atoms with Crippen molar-refractivity contribution < 1.29 is 0 Å². The zero-order chi connectivity index (χ0) is 13.1. The maximum Gasteiger partial charge on any atom is 0.0142 e. The van der Waals surface area contributed by atoms with Gasteiger partial charge in [0.2, 0.25) is 0 Å². The Labute approximate surface area is 117 Å². The first-order valence-electron chi connectivity index (χ1n) is 8.56. The van der Waals surface area contributed by atoms with Crippen molar-refractivity contribution in [3.63, 3.8) is 0 Å². The van der Waals surface area contributed by atoms with Crippen molar-refractivity contribution in [2.75, 3.05) is 0 Å². The summed E-state index contributed by atoms with van der Waals surface area (Å²) < 4.78 is 0. The lowest BCUT2D eigenvalue weighted by atomic mass is 9.60. The lowest BCUT2D eigenvalue weighted by Crippen LogP contribution is -2.36. The van der Waals surface area contributed by atoms with E-state index in [4.69, 9.17) is 5.73 Å². The van der Waals surface area contributed by atoms with Crippen LogP contribution in [-0.4, -0.2) is 0 Å². The Kier molecular flexibility index (Phi) is 1.64. The minimum Gasteiger partial charge on any atom is -0.402 e. The first-order chi connectivity index (χ1) is 9.06. The van der Waals surface area contributed by atoms with E-state index in [1.165, 1.54) is 63.5 Å². The second-order valence-corrected chi connectivity index (χ2v) is 8.67. The molecule has 2 N–H and O–H groups in total. The predicted octanol–water partition coefficient (Wildman–Crippen LogP) is 4.38. The molecule has 5 aliphatic carbocycles. The largest absolute Gasteiger partial charge is 0.402 e. The van der Waals surface area contributed by atoms with E-state index in [2.05, 4.69) is 13.8 Å². The van der Waals surface area contributed by atoms with Crippen LogP contribution in [0.25, 0.3) is 0 Å². The normalized spacial score (nSPS) is 60.4. The van der Waals surface area contributed by atoms with Gasteiger partial charge in [0.15, 0.2) is 0 Å². The summed E-state index contributed by atoms with van der Waals surface area (Å²) in [5.74, 6) is 0.930. The van der Waals surface area contributed by atoms with Gasteiger partial charge in [0.25, 0.3) is 0 Å². The minimum absolute atomic E-state index is 0.405. The van der Waals surface area contributed by atoms with Gasteiger partial charge < -0.3 is 5.73 Å². The Hall–Kier alpha value is -0.460. The smallest absolute Gasteiger partial charge is 0.0142 e. The first kappa shape index (κ1) is 11.2. The second-order valence-electron chi connectivity index (χ2n) is 8.67. The molecule has 104 valence electrons. The molecule has 19 heavy (non-hydrogen) atoms. The molecule has 0 bridgehead atoms. The average Bonchev–Trinajstić information content (AvgIpc) is 3.18. The third kappa shape index (κ3) is 0.851. The number of hydrogen-bond acceptors (Lipinski definition) is 1. The highest BCUT2D eigenvalue weighted by molar-refractivity contribution is 5.50. The molecule has 5 atom stereocenters. The van der Waals surface area contributed by atoms with Gasteiger partial charge in [-0.3, -0.25) is 0 Å². The maximum atomic E-state index is 6.69. The number of nitrogens with two attached hydrogens (primary N) is 1. The van der Waals surface area contributed by atoms with E-state index < -0.39 is 0 Å². The van der Waals surface area contributed by atoms with Gasteiger partial charge in [-0.2, -0.15) is 0 Å². The monoisotopic (exact) mass is 257 g/mol. The molecule has 0 radical (unpaired) electrons. The Morgan fingerprint density at radius 1 is 1.26 bits per heavy atom. The Morgan fingerprint density at radius 2 is 2.11 bits per heavy atom. The quantitative estimate of drug-likeness (QED) is 0.780. The average molecular weight is 257 g/mol. The molecule has 0 amide bonds. The summed E-state index contributed by atoms with van der Waals surface area (Å²) in [4.78, 5) is 0. The number of allylic oxidation sites excluding steroid dienone is 2. The first-order valence-corrected chi connectivity index (χ1v) is 8.56. The van der Waals surface area contributed by atoms with Gasteiger partial charge in [-0.25, -0.2) is 0 Å². The summed E-state index contributed by atoms with van der Waals surface area (Å²) >= 11 is 0. The van der Waals surface area contributed by atoms with Gasteiger partial charge in [0, 0.05) is 16.5 Å². The van der Waals surface area contributed by atoms with E-state index in [1.807, 2.05) is 0 Å². The van der Waals surface area contributed by atoms with Crippen LogP contribution >= 0.6 is 0 Å². The summed E-state index contributed by atoms with van der Waals surface area (Å²) in [6, 6.07) is 0. The zero-order valence-corrected chi connectivity index (χ0v) is 12.5. The van der Waals surface area contributed by atoms with Crippen molar-refractivity contribution in [1.82, 2.24) is 0 Å². The summed E-state index contributed by atoms with van der Waals surface area (Å²) in [6.45, 7) is 4.89. The number of rotatable bonds is 2. The molecule has 0 aromatic carbocycles. The molecular formula is C18H27N. The fourth-order valence-corrected chi connectivity index (χ4v) is 7.62. The molecule has 0 aliphatic heterocycles. The van der Waals surface area contributed by atoms with E-state index in [9.17, 15) is 0 Å². The lowest BCUT2D eigenvalue weighted by Gasteiger charge is -2.44. The summed E-state index contributed by atoms with van der Waals surface area (Å²) in [5, 5.41) is 0. The molecule has 1 heteroatoms. The molecule has 0 aromatic rings. The van der Waals surface area contributed by atoms with Crippen molar-refractivity contribution in [3.05, 3.63) is 11.3 Å². The van der Waals surface area contributed by atoms with E-state index in [1.54, 1.807) is 5.57 Å². The van der Waals surface area contributed by atoms with Gasteiger partial charge in [-0.05, 0) is 67.3 Å². The van der Waals surface area contributed by atoms with E-state index in [0.29, 0.717) is 21.7 Å². The highest BCUT2D eigenvalue weighted by atomic mass is 14.9. The zero-order valence-electron chi connectivity index (χ0n) is 12.5. The molecule has 4 fully saturated rings. The predicted molar refractivity (Wildman–Crippen MR) is 77.3 cm³/mol. The van der Waals surface area contributed by atoms with E-state index >= 15 is 0 Å². The number of hydrogen-bond donors (Lipinski definition) is 1. The SMILES string of the molecule is CCCC12CCCC13CC31CCC1=C(N)C1(C)C[C@@H]12. The molecular weight excluding hydrogens is 230 g/mol. The molecule has 0 aromatic heterocycles. The van der Waals surface area contributed by atoms with Gasteiger partial charge in [0.1, 0.15) is 0 Å². The third-order valence-corrected chi connectivity index (χ3v) is 8.49. The Morgan fingerprint density at radius 3 is 2.79 bits per heavy atom. The molecule has 5 rings (SSSR count). The topological polar surface area (TPSA) is 26.0 Å². The molecule has 2 spiro atoms. The van der Waals surface area contributed by atoms with E-state index in [0.717, 1.165) is 5.92 Å². The van der Waals surface area contributed by atoms with Crippen LogP contribution in [0.3, 0.4) is 0 Å². The van der Waals surface area contributed by atoms with Crippen LogP contribution in [0.4, 0.5) is 0 Å². The molecule has 4 unspecified atom stereocenters. The Bertz CT molecular complexity index is 520. The van der Waals surface area contributed by atoms with E-state index in [-0.39, 0.29) is 0 Å². The Balaban J connectivity index is 1.74. The van der Waals surface area contributed by atoms with Gasteiger partial charge >= 0.3 is 0 Å². The van der Waals surface area contributed by atoms with Crippen LogP contribution in [0.5, 0.6) is 0 Å². The summed E-state index contributed by atoms with van der Waals surface area (Å²) in [6.07, 6.45) is 13.1. The molecule has 5 aliphatic rings. The van der Waals surface area contributed by atoms with Crippen LogP contribution < -0.4 is 5.73 Å². The number of fused-ring (bicyclic) bond motifs is 2. The van der Waals surface area contributed by atoms with Crippen LogP contribution in [-0.2, 0) is 0 Å². The molecule has 1 nitrogen and oxygen atoms in total. The van der Waals surface area contributed by atoms with Crippen molar-refractivity contribution in [2.45, 2.75) is 71.6 Å². The van der Waals surface area contributed by atoms with Gasteiger partial charge in [-0.15, -0.1) is 0 Å². The van der Waals surface area contributed by atoms with Crippen LogP contribution in [0.15, 0.2) is 11.3 Å². The summed E-state index contributed by atoms with van der Waals surface area (Å²) in [7, 11) is 0. The molecule has 0 saturated heterocycles. The lowest BCUT2D eigenvalue weighted by molar-refractivity contribution is 0.0731. The highest BCUT2D eigenvalue weighted by Gasteiger charge is 2.85. The van der Waals surface area contributed by atoms with Crippen molar-refractivity contribution >= 4 is 0 Å². The van der Waals surface area contributed by atoms with Crippen molar-refractivity contribution in [1.29, 1.82) is 0 Å². The van der Waals surface area contributed by atoms with Crippen LogP contribution in [0.1, 0.15) is 71.6 Å². The van der Waals surface area contributed by atoms with Crippen LogP contribution in [0, 0.1) is 27.6 Å². The molecule has 4 saturated carbocycles. The minimum atomic E-state index is 0.405. The summed E-state index contributed by atoms with van der Waals surface area (Å²) in [5.41, 5.74) is 12.2. The van der Waals surface area contributed by atoms with Gasteiger partial charge in [-0.1, -0.05) is 26.7 Å². The standard InChI is InChI=1S/C18H27N/c1-3-6-16-7-4-8-18(16)11-17(18)9-5-12(17)14(19)15(2)10-13(15)16/h13H,3-11,19H2,1-2H3/t13-,15?,16?,17?,18?/m0/s1. The highest BCUT2D eigenvalue weighted by Crippen LogP contribution is 2.93. The fourth-order valence-electron chi connectivity index (χ4n) is 7.62. The fraction of sp³-hybridized carbons (Fsp3) is 0.889. The van der Waals surface area contributed by atoms with Gasteiger partial charge in [0.05, 0.1) is 0 Å². The van der Waals surface area contributed by atoms with Crippen molar-refractivity contribution in [3.8, 4) is 0 Å². The molecule has 0 heterocycles. The van der Waals surface area contributed by atoms with Crippen molar-refractivity contribution in [2.24, 2.45) is 33.3 Å². The van der Waals surface area contributed by atoms with Crippen LogP contribution in [0.2, 0.25) is 0 Å². The maximum absolute atomic E-state index is 6.69. The third-order valence-electron chi connectivity index (χ3n) is 8.49.